The van der Waals surface area contributed by atoms with E-state index in [1.54, 1.807) is 16.8 Å². The van der Waals surface area contributed by atoms with Gasteiger partial charge in [0.1, 0.15) is 11.4 Å². The number of hydrogen-bond donors (Lipinski definition) is 0. The lowest BCUT2D eigenvalue weighted by atomic mass is 9.97. The van der Waals surface area contributed by atoms with Crippen LogP contribution in [-0.4, -0.2) is 40.9 Å². The predicted octanol–water partition coefficient (Wildman–Crippen LogP) is 2.82. The molecule has 0 radical (unpaired) electrons. The Morgan fingerprint density at radius 3 is 2.83 bits per heavy atom. The summed E-state index contributed by atoms with van der Waals surface area (Å²) in [5.74, 6) is -0.206. The van der Waals surface area contributed by atoms with Crippen molar-refractivity contribution in [2.45, 2.75) is 12.5 Å². The summed E-state index contributed by atoms with van der Waals surface area (Å²) in [7, 11) is 1.92. The summed E-state index contributed by atoms with van der Waals surface area (Å²) in [6, 6.07) is 6.53. The van der Waals surface area contributed by atoms with Crippen LogP contribution in [0.3, 0.4) is 0 Å². The molecule has 2 heterocycles. The Bertz CT molecular complexity index is 680. The molecule has 1 aliphatic rings. The molecule has 1 atom stereocenters. The first-order valence-corrected chi connectivity index (χ1v) is 7.83. The lowest BCUT2D eigenvalue weighted by Gasteiger charge is -2.39. The van der Waals surface area contributed by atoms with Gasteiger partial charge in [0.2, 0.25) is 0 Å². The van der Waals surface area contributed by atoms with E-state index >= 15 is 0 Å². The summed E-state index contributed by atoms with van der Waals surface area (Å²) in [6.45, 7) is 5.39. The number of aryl methyl sites for hydroxylation is 1. The van der Waals surface area contributed by atoms with Gasteiger partial charge < -0.3 is 4.74 Å². The van der Waals surface area contributed by atoms with E-state index in [1.165, 1.54) is 12.1 Å². The maximum absolute atomic E-state index is 12.9. The second-order valence-corrected chi connectivity index (χ2v) is 6.17. The van der Waals surface area contributed by atoms with Crippen molar-refractivity contribution < 1.29 is 9.13 Å². The summed E-state index contributed by atoms with van der Waals surface area (Å²) >= 11 is 0. The van der Waals surface area contributed by atoms with E-state index in [-0.39, 0.29) is 11.4 Å². The predicted molar refractivity (Wildman–Crippen MR) is 88.4 cm³/mol. The molecule has 0 N–H and O–H groups in total. The lowest BCUT2D eigenvalue weighted by Crippen LogP contribution is -2.48. The minimum absolute atomic E-state index is 0.206. The van der Waals surface area contributed by atoms with E-state index in [2.05, 4.69) is 23.0 Å². The maximum atomic E-state index is 12.9. The summed E-state index contributed by atoms with van der Waals surface area (Å²) < 4.78 is 20.7. The maximum Gasteiger partial charge on any atom is 0.123 e. The highest BCUT2D eigenvalue weighted by Crippen LogP contribution is 2.28. The average molecular weight is 315 g/mol. The molecule has 1 unspecified atom stereocenters. The molecule has 0 spiro atoms. The van der Waals surface area contributed by atoms with Gasteiger partial charge in [0.05, 0.1) is 12.8 Å². The molecule has 1 fully saturated rings. The third-order valence-electron chi connectivity index (χ3n) is 4.21. The van der Waals surface area contributed by atoms with Crippen LogP contribution >= 0.6 is 0 Å². The van der Waals surface area contributed by atoms with Gasteiger partial charge in [0.15, 0.2) is 0 Å². The van der Waals surface area contributed by atoms with Crippen molar-refractivity contribution in [1.82, 2.24) is 14.7 Å². The molecule has 0 aliphatic carbocycles. The van der Waals surface area contributed by atoms with Crippen molar-refractivity contribution in [2.75, 3.05) is 26.2 Å². The van der Waals surface area contributed by atoms with Gasteiger partial charge in [-0.3, -0.25) is 9.58 Å². The van der Waals surface area contributed by atoms with Crippen LogP contribution in [0.4, 0.5) is 4.39 Å². The minimum Gasteiger partial charge on any atom is -0.368 e. The molecule has 1 aliphatic heterocycles. The van der Waals surface area contributed by atoms with Crippen LogP contribution in [0.5, 0.6) is 0 Å². The molecule has 0 bridgehead atoms. The topological polar surface area (TPSA) is 30.3 Å². The fourth-order valence-electron chi connectivity index (χ4n) is 2.89. The standard InChI is InChI=1S/C18H22FN3O/c1-18(16-12-20-21(2)13-16)14-22(10-11-23-18)9-3-4-15-5-7-17(19)8-6-15/h3-8,12-13H,9-11,14H2,1-2H3/b4-3+. The highest BCUT2D eigenvalue weighted by Gasteiger charge is 2.34. The molecule has 3 rings (SSSR count). The van der Waals surface area contributed by atoms with Crippen LogP contribution in [0.25, 0.3) is 6.08 Å². The van der Waals surface area contributed by atoms with E-state index in [0.717, 1.165) is 30.8 Å². The SMILES string of the molecule is Cn1cc(C2(C)CN(C/C=C/c3ccc(F)cc3)CCO2)cn1. The molecule has 1 saturated heterocycles. The molecular formula is C18H22FN3O. The molecule has 5 heteroatoms. The van der Waals surface area contributed by atoms with E-state index < -0.39 is 0 Å². The first-order valence-electron chi connectivity index (χ1n) is 7.83. The molecule has 122 valence electrons. The van der Waals surface area contributed by atoms with Gasteiger partial charge >= 0.3 is 0 Å². The van der Waals surface area contributed by atoms with Gasteiger partial charge in [0, 0.05) is 38.4 Å². The third kappa shape index (κ3) is 3.86. The van der Waals surface area contributed by atoms with E-state index in [4.69, 9.17) is 4.74 Å². The van der Waals surface area contributed by atoms with Crippen LogP contribution in [-0.2, 0) is 17.4 Å². The number of hydrogen-bond acceptors (Lipinski definition) is 3. The van der Waals surface area contributed by atoms with Gasteiger partial charge in [-0.25, -0.2) is 4.39 Å². The zero-order chi connectivity index (χ0) is 16.3. The third-order valence-corrected chi connectivity index (χ3v) is 4.21. The van der Waals surface area contributed by atoms with Crippen molar-refractivity contribution in [3.05, 3.63) is 59.7 Å². The van der Waals surface area contributed by atoms with Gasteiger partial charge in [-0.1, -0.05) is 24.3 Å². The van der Waals surface area contributed by atoms with Gasteiger partial charge in [-0.05, 0) is 24.6 Å². The Kier molecular flexibility index (Phi) is 4.59. The largest absolute Gasteiger partial charge is 0.368 e. The van der Waals surface area contributed by atoms with Crippen LogP contribution in [0, 0.1) is 5.82 Å². The van der Waals surface area contributed by atoms with Crippen molar-refractivity contribution in [1.29, 1.82) is 0 Å². The van der Waals surface area contributed by atoms with Crippen LogP contribution in [0.15, 0.2) is 42.7 Å². The number of ether oxygens (including phenoxy) is 1. The highest BCUT2D eigenvalue weighted by atomic mass is 19.1. The summed E-state index contributed by atoms with van der Waals surface area (Å²) in [5, 5.41) is 4.24. The highest BCUT2D eigenvalue weighted by molar-refractivity contribution is 5.48. The Balaban J connectivity index is 1.61. The number of halogens is 1. The molecule has 1 aromatic carbocycles. The summed E-state index contributed by atoms with van der Waals surface area (Å²) in [4.78, 5) is 2.36. The second kappa shape index (κ2) is 6.64. The molecule has 2 aromatic rings. The van der Waals surface area contributed by atoms with Crippen LogP contribution < -0.4 is 0 Å². The van der Waals surface area contributed by atoms with Crippen LogP contribution in [0.2, 0.25) is 0 Å². The molecule has 0 amide bonds. The normalized spacial score (nSPS) is 22.7. The molecule has 1 aromatic heterocycles. The minimum atomic E-state index is -0.323. The first kappa shape index (κ1) is 15.9. The average Bonchev–Trinajstić information content (AvgIpc) is 2.97. The number of rotatable bonds is 4. The smallest absolute Gasteiger partial charge is 0.123 e. The zero-order valence-corrected chi connectivity index (χ0v) is 13.6. The van der Waals surface area contributed by atoms with E-state index in [9.17, 15) is 4.39 Å². The van der Waals surface area contributed by atoms with Crippen molar-refractivity contribution in [3.8, 4) is 0 Å². The van der Waals surface area contributed by atoms with Gasteiger partial charge in [-0.2, -0.15) is 5.10 Å². The monoisotopic (exact) mass is 315 g/mol. The summed E-state index contributed by atoms with van der Waals surface area (Å²) in [5.41, 5.74) is 1.79. The van der Waals surface area contributed by atoms with E-state index in [1.807, 2.05) is 25.5 Å². The molecule has 4 nitrogen and oxygen atoms in total. The Labute approximate surface area is 136 Å². The van der Waals surface area contributed by atoms with Crippen LogP contribution in [0.1, 0.15) is 18.1 Å². The van der Waals surface area contributed by atoms with Crippen molar-refractivity contribution in [2.24, 2.45) is 7.05 Å². The fourth-order valence-corrected chi connectivity index (χ4v) is 2.89. The number of morpholine rings is 1. The quantitative estimate of drug-likeness (QED) is 0.869. The summed E-state index contributed by atoms with van der Waals surface area (Å²) in [6.07, 6.45) is 8.02. The van der Waals surface area contributed by atoms with Gasteiger partial charge in [0.25, 0.3) is 0 Å². The fraction of sp³-hybridized carbons (Fsp3) is 0.389. The number of nitrogens with zero attached hydrogens (tertiary/aromatic N) is 3. The lowest BCUT2D eigenvalue weighted by molar-refractivity contribution is -0.100. The molecule has 23 heavy (non-hydrogen) atoms. The molecule has 0 saturated carbocycles. The van der Waals surface area contributed by atoms with E-state index in [0.29, 0.717) is 6.61 Å². The Morgan fingerprint density at radius 2 is 2.13 bits per heavy atom. The molecular weight excluding hydrogens is 293 g/mol. The van der Waals surface area contributed by atoms with Crippen molar-refractivity contribution >= 4 is 6.08 Å². The van der Waals surface area contributed by atoms with Gasteiger partial charge in [-0.15, -0.1) is 0 Å². The number of benzene rings is 1. The first-order chi connectivity index (χ1) is 11.0. The zero-order valence-electron chi connectivity index (χ0n) is 13.6. The van der Waals surface area contributed by atoms with Crippen molar-refractivity contribution in [3.63, 3.8) is 0 Å². The number of aromatic nitrogens is 2. The second-order valence-electron chi connectivity index (χ2n) is 6.17. The Hall–Kier alpha value is -1.98. The Morgan fingerprint density at radius 1 is 1.35 bits per heavy atom.